The van der Waals surface area contributed by atoms with E-state index >= 15 is 0 Å². The molecule has 3 rings (SSSR count). The number of aromatic nitrogens is 3. The Balaban J connectivity index is 1.59. The van der Waals surface area contributed by atoms with Gasteiger partial charge in [-0.3, -0.25) is 4.79 Å². The zero-order valence-corrected chi connectivity index (χ0v) is 15.0. The van der Waals surface area contributed by atoms with Crippen molar-refractivity contribution in [3.63, 3.8) is 0 Å². The van der Waals surface area contributed by atoms with Crippen molar-refractivity contribution in [2.45, 2.75) is 19.7 Å². The van der Waals surface area contributed by atoms with Gasteiger partial charge >= 0.3 is 6.61 Å². The highest BCUT2D eigenvalue weighted by atomic mass is 19.3. The summed E-state index contributed by atoms with van der Waals surface area (Å²) in [6, 6.07) is 11.6. The van der Waals surface area contributed by atoms with Crippen molar-refractivity contribution in [3.8, 4) is 11.5 Å². The van der Waals surface area contributed by atoms with Crippen LogP contribution >= 0.6 is 0 Å². The predicted octanol–water partition coefficient (Wildman–Crippen LogP) is 2.87. The maximum absolute atomic E-state index is 12.4. The lowest BCUT2D eigenvalue weighted by Gasteiger charge is -2.12. The SMILES string of the molecule is COc1cc(CNC(=O)c2ccc(Cn3cncn3)cc2)ccc1OC(F)F. The maximum Gasteiger partial charge on any atom is 0.387 e. The van der Waals surface area contributed by atoms with Crippen LogP contribution in [0.15, 0.2) is 55.1 Å². The molecule has 0 atom stereocenters. The van der Waals surface area contributed by atoms with Gasteiger partial charge in [0.15, 0.2) is 11.5 Å². The Labute approximate surface area is 159 Å². The number of hydrogen-bond donors (Lipinski definition) is 1. The molecule has 0 bridgehead atoms. The van der Waals surface area contributed by atoms with Crippen LogP contribution in [0.2, 0.25) is 0 Å². The molecule has 1 N–H and O–H groups in total. The highest BCUT2D eigenvalue weighted by Gasteiger charge is 2.12. The first-order chi connectivity index (χ1) is 13.5. The van der Waals surface area contributed by atoms with E-state index in [0.29, 0.717) is 17.7 Å². The second-order valence-corrected chi connectivity index (χ2v) is 5.84. The van der Waals surface area contributed by atoms with Crippen LogP contribution < -0.4 is 14.8 Å². The zero-order valence-electron chi connectivity index (χ0n) is 15.0. The number of carbonyl (C=O) groups is 1. The molecule has 0 fully saturated rings. The van der Waals surface area contributed by atoms with Crippen molar-refractivity contribution in [2.24, 2.45) is 0 Å². The normalized spacial score (nSPS) is 10.7. The van der Waals surface area contributed by atoms with E-state index in [-0.39, 0.29) is 24.0 Å². The number of carbonyl (C=O) groups excluding carboxylic acids is 1. The summed E-state index contributed by atoms with van der Waals surface area (Å²) in [5.41, 5.74) is 2.18. The number of rotatable bonds is 8. The molecule has 0 saturated heterocycles. The van der Waals surface area contributed by atoms with E-state index in [4.69, 9.17) is 4.74 Å². The Morgan fingerprint density at radius 3 is 2.54 bits per heavy atom. The van der Waals surface area contributed by atoms with Crippen molar-refractivity contribution in [3.05, 3.63) is 71.8 Å². The molecule has 0 aliphatic carbocycles. The number of methoxy groups -OCH3 is 1. The summed E-state index contributed by atoms with van der Waals surface area (Å²) in [5.74, 6) is -0.140. The summed E-state index contributed by atoms with van der Waals surface area (Å²) in [4.78, 5) is 16.2. The minimum absolute atomic E-state index is 0.0597. The molecule has 0 radical (unpaired) electrons. The fraction of sp³-hybridized carbons (Fsp3) is 0.211. The molecule has 1 aromatic heterocycles. The van der Waals surface area contributed by atoms with Crippen LogP contribution in [0.5, 0.6) is 11.5 Å². The predicted molar refractivity (Wildman–Crippen MR) is 96.4 cm³/mol. The highest BCUT2D eigenvalue weighted by molar-refractivity contribution is 5.94. The molecule has 0 saturated carbocycles. The third-order valence-corrected chi connectivity index (χ3v) is 3.92. The maximum atomic E-state index is 12.4. The molecule has 146 valence electrons. The van der Waals surface area contributed by atoms with E-state index in [0.717, 1.165) is 5.56 Å². The third-order valence-electron chi connectivity index (χ3n) is 3.92. The van der Waals surface area contributed by atoms with Crippen molar-refractivity contribution < 1.29 is 23.0 Å². The molecular weight excluding hydrogens is 370 g/mol. The second kappa shape index (κ2) is 8.94. The molecule has 0 aliphatic heterocycles. The van der Waals surface area contributed by atoms with Gasteiger partial charge in [-0.05, 0) is 35.4 Å². The van der Waals surface area contributed by atoms with Crippen LogP contribution in [0.4, 0.5) is 8.78 Å². The molecular formula is C19H18F2N4O3. The molecule has 1 heterocycles. The van der Waals surface area contributed by atoms with Gasteiger partial charge in [-0.2, -0.15) is 13.9 Å². The molecule has 0 spiro atoms. The molecule has 7 nitrogen and oxygen atoms in total. The van der Waals surface area contributed by atoms with Gasteiger partial charge in [0.2, 0.25) is 0 Å². The van der Waals surface area contributed by atoms with Crippen molar-refractivity contribution in [1.82, 2.24) is 20.1 Å². The summed E-state index contributed by atoms with van der Waals surface area (Å²) < 4.78 is 35.9. The van der Waals surface area contributed by atoms with E-state index in [2.05, 4.69) is 20.1 Å². The topological polar surface area (TPSA) is 78.3 Å². The number of benzene rings is 2. The largest absolute Gasteiger partial charge is 0.493 e. The van der Waals surface area contributed by atoms with E-state index in [9.17, 15) is 13.6 Å². The average Bonchev–Trinajstić information content (AvgIpc) is 3.20. The Hall–Kier alpha value is -3.49. The van der Waals surface area contributed by atoms with Crippen molar-refractivity contribution >= 4 is 5.91 Å². The van der Waals surface area contributed by atoms with Gasteiger partial charge in [-0.25, -0.2) is 9.67 Å². The molecule has 9 heteroatoms. The van der Waals surface area contributed by atoms with Gasteiger partial charge in [0.1, 0.15) is 12.7 Å². The summed E-state index contributed by atoms with van der Waals surface area (Å²) >= 11 is 0. The summed E-state index contributed by atoms with van der Waals surface area (Å²) in [7, 11) is 1.36. The highest BCUT2D eigenvalue weighted by Crippen LogP contribution is 2.29. The summed E-state index contributed by atoms with van der Waals surface area (Å²) in [6.45, 7) is -2.16. The third kappa shape index (κ3) is 5.03. The lowest BCUT2D eigenvalue weighted by molar-refractivity contribution is -0.0512. The van der Waals surface area contributed by atoms with Gasteiger partial charge in [-0.1, -0.05) is 18.2 Å². The molecule has 28 heavy (non-hydrogen) atoms. The van der Waals surface area contributed by atoms with Crippen LogP contribution in [0.25, 0.3) is 0 Å². The van der Waals surface area contributed by atoms with E-state index in [1.807, 2.05) is 12.1 Å². The monoisotopic (exact) mass is 388 g/mol. The fourth-order valence-corrected chi connectivity index (χ4v) is 2.56. The molecule has 0 unspecified atom stereocenters. The van der Waals surface area contributed by atoms with E-state index < -0.39 is 6.61 Å². The Morgan fingerprint density at radius 1 is 1.14 bits per heavy atom. The quantitative estimate of drug-likeness (QED) is 0.642. The molecule has 0 aliphatic rings. The molecule has 2 aromatic carbocycles. The van der Waals surface area contributed by atoms with Crippen LogP contribution in [0.1, 0.15) is 21.5 Å². The number of nitrogens with one attached hydrogen (secondary N) is 1. The number of nitrogens with zero attached hydrogens (tertiary/aromatic N) is 3. The standard InChI is InChI=1S/C19H18F2N4O3/c1-27-17-8-14(4-7-16(17)28-19(20)21)9-23-18(26)15-5-2-13(3-6-15)10-25-12-22-11-24-25/h2-8,11-12,19H,9-10H2,1H3,(H,23,26). The van der Waals surface area contributed by atoms with Gasteiger partial charge in [0.25, 0.3) is 5.91 Å². The fourth-order valence-electron chi connectivity index (χ4n) is 2.56. The number of amides is 1. The number of hydrogen-bond acceptors (Lipinski definition) is 5. The first kappa shape index (κ1) is 19.3. The van der Waals surface area contributed by atoms with Gasteiger partial charge in [0.05, 0.1) is 13.7 Å². The van der Waals surface area contributed by atoms with Gasteiger partial charge < -0.3 is 14.8 Å². The zero-order chi connectivity index (χ0) is 19.9. The Bertz CT molecular complexity index is 915. The van der Waals surface area contributed by atoms with Crippen LogP contribution in [-0.2, 0) is 13.1 Å². The second-order valence-electron chi connectivity index (χ2n) is 5.84. The van der Waals surface area contributed by atoms with E-state index in [1.54, 1.807) is 35.3 Å². The van der Waals surface area contributed by atoms with Gasteiger partial charge in [0, 0.05) is 12.1 Å². The van der Waals surface area contributed by atoms with Crippen LogP contribution in [0.3, 0.4) is 0 Å². The number of alkyl halides is 2. The van der Waals surface area contributed by atoms with Crippen LogP contribution in [-0.4, -0.2) is 34.4 Å². The average molecular weight is 388 g/mol. The summed E-state index contributed by atoms with van der Waals surface area (Å²) in [6.07, 6.45) is 3.08. The number of ether oxygens (including phenoxy) is 2. The molecule has 3 aromatic rings. The molecule has 1 amide bonds. The first-order valence-corrected chi connectivity index (χ1v) is 8.36. The lowest BCUT2D eigenvalue weighted by atomic mass is 10.1. The van der Waals surface area contributed by atoms with Crippen molar-refractivity contribution in [1.29, 1.82) is 0 Å². The van der Waals surface area contributed by atoms with E-state index in [1.165, 1.54) is 19.5 Å². The van der Waals surface area contributed by atoms with Crippen LogP contribution in [0, 0.1) is 0 Å². The minimum Gasteiger partial charge on any atom is -0.493 e. The Kier molecular flexibility index (Phi) is 6.15. The van der Waals surface area contributed by atoms with Gasteiger partial charge in [-0.15, -0.1) is 0 Å². The lowest BCUT2D eigenvalue weighted by Crippen LogP contribution is -2.22. The number of halogens is 2. The minimum atomic E-state index is -2.94. The smallest absolute Gasteiger partial charge is 0.387 e. The summed E-state index contributed by atoms with van der Waals surface area (Å²) in [5, 5.41) is 6.81. The Morgan fingerprint density at radius 2 is 1.89 bits per heavy atom. The first-order valence-electron chi connectivity index (χ1n) is 8.36. The van der Waals surface area contributed by atoms with Crippen molar-refractivity contribution in [2.75, 3.05) is 7.11 Å².